The molecule has 1 aromatic heterocycles. The van der Waals surface area contributed by atoms with E-state index >= 15 is 0 Å². The van der Waals surface area contributed by atoms with Crippen LogP contribution in [0.1, 0.15) is 54.4 Å². The van der Waals surface area contributed by atoms with E-state index in [9.17, 15) is 14.7 Å². The highest BCUT2D eigenvalue weighted by molar-refractivity contribution is 5.98. The molecule has 6 nitrogen and oxygen atoms in total. The molecule has 5 rings (SSSR count). The number of imidazole rings is 1. The van der Waals surface area contributed by atoms with Gasteiger partial charge in [-0.3, -0.25) is 9.36 Å². The van der Waals surface area contributed by atoms with Crippen molar-refractivity contribution in [3.8, 4) is 16.8 Å². The molecule has 6 heteroatoms. The van der Waals surface area contributed by atoms with Crippen LogP contribution in [-0.4, -0.2) is 33.1 Å². The number of carbonyl (C=O) groups is 2. The lowest BCUT2D eigenvalue weighted by Gasteiger charge is -2.27. The van der Waals surface area contributed by atoms with E-state index < -0.39 is 5.97 Å². The lowest BCUT2D eigenvalue weighted by Crippen LogP contribution is -2.35. The fourth-order valence-electron chi connectivity index (χ4n) is 5.08. The Labute approximate surface area is 204 Å². The molecule has 0 saturated carbocycles. The summed E-state index contributed by atoms with van der Waals surface area (Å²) in [7, 11) is 0. The summed E-state index contributed by atoms with van der Waals surface area (Å²) >= 11 is 0. The lowest BCUT2D eigenvalue weighted by atomic mass is 9.95. The van der Waals surface area contributed by atoms with Gasteiger partial charge in [0.25, 0.3) is 0 Å². The number of rotatable bonds is 6. The first-order valence-electron chi connectivity index (χ1n) is 12.2. The number of hydrogen-bond acceptors (Lipinski definition) is 3. The number of fused-ring (bicyclic) bond motifs is 1. The molecule has 178 valence electrons. The van der Waals surface area contributed by atoms with Crippen LogP contribution in [0.15, 0.2) is 60.7 Å². The van der Waals surface area contributed by atoms with Crippen molar-refractivity contribution >= 4 is 28.6 Å². The molecule has 1 fully saturated rings. The van der Waals surface area contributed by atoms with Crippen LogP contribution in [0.2, 0.25) is 0 Å². The normalized spacial score (nSPS) is 14.0. The van der Waals surface area contributed by atoms with E-state index in [1.54, 1.807) is 12.1 Å². The molecule has 0 radical (unpaired) electrons. The zero-order valence-electron chi connectivity index (χ0n) is 20.1. The third-order valence-electron chi connectivity index (χ3n) is 6.81. The predicted octanol–water partition coefficient (Wildman–Crippen LogP) is 6.17. The molecule has 0 atom stereocenters. The van der Waals surface area contributed by atoms with Gasteiger partial charge in [-0.25, -0.2) is 9.78 Å². The SMILES string of the molecule is CCCc1nc2ccc(N3CCCCC3=O)cc2n1-c1cccc(-c2ccccc2C(=O)O)c1C. The van der Waals surface area contributed by atoms with Gasteiger partial charge in [-0.1, -0.05) is 37.3 Å². The van der Waals surface area contributed by atoms with E-state index in [2.05, 4.69) is 23.6 Å². The topological polar surface area (TPSA) is 75.4 Å². The van der Waals surface area contributed by atoms with Crippen molar-refractivity contribution in [1.29, 1.82) is 0 Å². The predicted molar refractivity (Wildman–Crippen MR) is 138 cm³/mol. The molecule has 0 unspecified atom stereocenters. The second kappa shape index (κ2) is 9.37. The van der Waals surface area contributed by atoms with E-state index in [0.717, 1.165) is 71.6 Å². The zero-order valence-corrected chi connectivity index (χ0v) is 20.1. The van der Waals surface area contributed by atoms with Crippen molar-refractivity contribution in [1.82, 2.24) is 9.55 Å². The molecule has 2 heterocycles. The van der Waals surface area contributed by atoms with Crippen LogP contribution in [0.3, 0.4) is 0 Å². The maximum Gasteiger partial charge on any atom is 0.336 e. The fraction of sp³-hybridized carbons (Fsp3) is 0.276. The van der Waals surface area contributed by atoms with Crippen LogP contribution in [0.4, 0.5) is 5.69 Å². The molecule has 1 amide bonds. The molecule has 35 heavy (non-hydrogen) atoms. The number of benzene rings is 3. The number of amides is 1. The minimum Gasteiger partial charge on any atom is -0.478 e. The van der Waals surface area contributed by atoms with Gasteiger partial charge in [-0.05, 0) is 73.2 Å². The van der Waals surface area contributed by atoms with Gasteiger partial charge in [0, 0.05) is 25.1 Å². The van der Waals surface area contributed by atoms with Crippen LogP contribution >= 0.6 is 0 Å². The smallest absolute Gasteiger partial charge is 0.336 e. The summed E-state index contributed by atoms with van der Waals surface area (Å²) in [6.07, 6.45) is 4.29. The molecule has 1 aliphatic rings. The van der Waals surface area contributed by atoms with Crippen LogP contribution in [0.25, 0.3) is 27.8 Å². The first-order valence-corrected chi connectivity index (χ1v) is 12.2. The molecule has 0 aliphatic carbocycles. The molecule has 4 aromatic rings. The van der Waals surface area contributed by atoms with Crippen LogP contribution in [0, 0.1) is 6.92 Å². The van der Waals surface area contributed by atoms with Crippen LogP contribution in [0.5, 0.6) is 0 Å². The Balaban J connectivity index is 1.71. The number of hydrogen-bond donors (Lipinski definition) is 1. The average molecular weight is 468 g/mol. The number of anilines is 1. The monoisotopic (exact) mass is 467 g/mol. The van der Waals surface area contributed by atoms with Crippen molar-refractivity contribution in [3.05, 3.63) is 77.6 Å². The number of carboxylic acid groups (broad SMARTS) is 1. The van der Waals surface area contributed by atoms with Gasteiger partial charge < -0.3 is 10.0 Å². The molecule has 1 N–H and O–H groups in total. The van der Waals surface area contributed by atoms with E-state index in [1.807, 2.05) is 48.2 Å². The lowest BCUT2D eigenvalue weighted by molar-refractivity contribution is -0.119. The van der Waals surface area contributed by atoms with Crippen molar-refractivity contribution in [3.63, 3.8) is 0 Å². The molecule has 0 bridgehead atoms. The van der Waals surface area contributed by atoms with Gasteiger partial charge in [0.1, 0.15) is 5.82 Å². The number of aromatic carboxylic acids is 1. The number of aryl methyl sites for hydroxylation is 1. The van der Waals surface area contributed by atoms with Gasteiger partial charge >= 0.3 is 5.97 Å². The molecule has 1 aliphatic heterocycles. The number of piperidine rings is 1. The van der Waals surface area contributed by atoms with E-state index in [-0.39, 0.29) is 11.5 Å². The van der Waals surface area contributed by atoms with Gasteiger partial charge in [-0.2, -0.15) is 0 Å². The Morgan fingerprint density at radius 3 is 2.60 bits per heavy atom. The summed E-state index contributed by atoms with van der Waals surface area (Å²) in [5, 5.41) is 9.75. The van der Waals surface area contributed by atoms with Crippen molar-refractivity contribution in [2.75, 3.05) is 11.4 Å². The summed E-state index contributed by atoms with van der Waals surface area (Å²) in [5.41, 5.74) is 6.55. The number of aromatic nitrogens is 2. The van der Waals surface area contributed by atoms with E-state index in [1.165, 1.54) is 0 Å². The summed E-state index contributed by atoms with van der Waals surface area (Å²) in [5.74, 6) is 0.177. The van der Waals surface area contributed by atoms with Crippen molar-refractivity contribution in [2.24, 2.45) is 0 Å². The minimum absolute atomic E-state index is 0.166. The third-order valence-corrected chi connectivity index (χ3v) is 6.81. The largest absolute Gasteiger partial charge is 0.478 e. The Kier molecular flexibility index (Phi) is 6.12. The van der Waals surface area contributed by atoms with Crippen LogP contribution in [-0.2, 0) is 11.2 Å². The van der Waals surface area contributed by atoms with E-state index in [0.29, 0.717) is 12.0 Å². The Morgan fingerprint density at radius 2 is 1.83 bits per heavy atom. The van der Waals surface area contributed by atoms with Gasteiger partial charge in [-0.15, -0.1) is 0 Å². The average Bonchev–Trinajstić information content (AvgIpc) is 3.21. The highest BCUT2D eigenvalue weighted by atomic mass is 16.4. The Bertz CT molecular complexity index is 1440. The van der Waals surface area contributed by atoms with Gasteiger partial charge in [0.15, 0.2) is 0 Å². The third kappa shape index (κ3) is 4.09. The summed E-state index contributed by atoms with van der Waals surface area (Å²) < 4.78 is 2.18. The van der Waals surface area contributed by atoms with Crippen molar-refractivity contribution in [2.45, 2.75) is 46.0 Å². The first-order chi connectivity index (χ1) is 17.0. The number of nitrogens with zero attached hydrogens (tertiary/aromatic N) is 3. The molecular formula is C29H29N3O3. The Morgan fingerprint density at radius 1 is 1.03 bits per heavy atom. The molecule has 1 saturated heterocycles. The maximum absolute atomic E-state index is 12.6. The Hall–Kier alpha value is -3.93. The molecule has 0 spiro atoms. The van der Waals surface area contributed by atoms with Gasteiger partial charge in [0.05, 0.1) is 22.3 Å². The van der Waals surface area contributed by atoms with E-state index in [4.69, 9.17) is 4.98 Å². The number of carbonyl (C=O) groups excluding carboxylic acids is 1. The standard InChI is InChI=1S/C29H29N3O3/c1-3-9-27-30-24-16-15-20(31-17-7-6-14-28(31)33)18-26(24)32(27)25-13-8-12-21(19(25)2)22-10-4-5-11-23(22)29(34)35/h4-5,8,10-13,15-16,18H,3,6-7,9,14,17H2,1-2H3,(H,34,35). The highest BCUT2D eigenvalue weighted by Crippen LogP contribution is 2.34. The minimum atomic E-state index is -0.944. The van der Waals surface area contributed by atoms with Crippen molar-refractivity contribution < 1.29 is 14.7 Å². The highest BCUT2D eigenvalue weighted by Gasteiger charge is 2.22. The quantitative estimate of drug-likeness (QED) is 0.368. The maximum atomic E-state index is 12.6. The van der Waals surface area contributed by atoms with Crippen LogP contribution < -0.4 is 4.90 Å². The fourth-order valence-corrected chi connectivity index (χ4v) is 5.08. The van der Waals surface area contributed by atoms with Gasteiger partial charge in [0.2, 0.25) is 5.91 Å². The zero-order chi connectivity index (χ0) is 24.5. The second-order valence-electron chi connectivity index (χ2n) is 9.09. The summed E-state index contributed by atoms with van der Waals surface area (Å²) in [6, 6.07) is 19.2. The summed E-state index contributed by atoms with van der Waals surface area (Å²) in [6.45, 7) is 4.90. The number of carboxylic acids is 1. The molecule has 3 aromatic carbocycles. The molecular weight excluding hydrogens is 438 g/mol. The second-order valence-corrected chi connectivity index (χ2v) is 9.09. The summed E-state index contributed by atoms with van der Waals surface area (Å²) in [4.78, 5) is 31.3. The first kappa shape index (κ1) is 22.8.